The highest BCUT2D eigenvalue weighted by Crippen LogP contribution is 2.27. The molecule has 0 aliphatic heterocycles. The number of unbranched alkanes of at least 4 members (excludes halogenated alkanes) is 6. The molecule has 0 aromatic rings. The Balaban J connectivity index is 0.000000494. The van der Waals surface area contributed by atoms with Crippen molar-refractivity contribution in [2.75, 3.05) is 0 Å². The van der Waals surface area contributed by atoms with Gasteiger partial charge in [-0.3, -0.25) is 0 Å². The fraction of sp³-hybridized carbons (Fsp3) is 1.00. The second kappa shape index (κ2) is 15.1. The van der Waals surface area contributed by atoms with Crippen molar-refractivity contribution in [2.24, 2.45) is 5.92 Å². The first-order valence-corrected chi connectivity index (χ1v) is 8.85. The summed E-state index contributed by atoms with van der Waals surface area (Å²) in [6.07, 6.45) is 20.5. The monoisotopic (exact) mass is 254 g/mol. The average Bonchev–Trinajstić information content (AvgIpc) is 2.41. The topological polar surface area (TPSA) is 0 Å². The first-order chi connectivity index (χ1) is 8.85. The summed E-state index contributed by atoms with van der Waals surface area (Å²) in [5, 5.41) is 0. The van der Waals surface area contributed by atoms with Gasteiger partial charge in [-0.05, 0) is 5.92 Å². The van der Waals surface area contributed by atoms with E-state index in [0.29, 0.717) is 0 Å². The van der Waals surface area contributed by atoms with Crippen LogP contribution in [0.4, 0.5) is 0 Å². The van der Waals surface area contributed by atoms with Crippen molar-refractivity contribution in [1.82, 2.24) is 0 Å². The molecule has 0 atom stereocenters. The molecule has 0 aromatic heterocycles. The molecule has 0 heterocycles. The van der Waals surface area contributed by atoms with Crippen LogP contribution in [0, 0.1) is 5.92 Å². The summed E-state index contributed by atoms with van der Waals surface area (Å²) in [6.45, 7) is 6.72. The van der Waals surface area contributed by atoms with Gasteiger partial charge in [0.2, 0.25) is 0 Å². The third-order valence-electron chi connectivity index (χ3n) is 4.15. The molecule has 110 valence electrons. The zero-order valence-electron chi connectivity index (χ0n) is 13.5. The normalized spacial score (nSPS) is 16.2. The lowest BCUT2D eigenvalue weighted by atomic mass is 9.85. The molecule has 0 N–H and O–H groups in total. The van der Waals surface area contributed by atoms with Gasteiger partial charge in [0.1, 0.15) is 0 Å². The zero-order valence-corrected chi connectivity index (χ0v) is 13.5. The lowest BCUT2D eigenvalue weighted by Gasteiger charge is -2.21. The predicted octanol–water partition coefficient (Wildman–Crippen LogP) is 7.12. The SMILES string of the molecule is CCCCC.CCCCCCCC1CCCCC1. The molecule has 0 aromatic carbocycles. The molecule has 0 heteroatoms. The number of rotatable bonds is 8. The molecular formula is C18H38. The van der Waals surface area contributed by atoms with Crippen molar-refractivity contribution in [2.45, 2.75) is 111 Å². The average molecular weight is 255 g/mol. The van der Waals surface area contributed by atoms with Crippen LogP contribution in [0.5, 0.6) is 0 Å². The Labute approximate surface area is 117 Å². The lowest BCUT2D eigenvalue weighted by Crippen LogP contribution is -2.05. The van der Waals surface area contributed by atoms with Crippen LogP contribution in [-0.4, -0.2) is 0 Å². The van der Waals surface area contributed by atoms with E-state index in [4.69, 9.17) is 0 Å². The van der Waals surface area contributed by atoms with Crippen LogP contribution in [0.2, 0.25) is 0 Å². The highest BCUT2D eigenvalue weighted by Gasteiger charge is 2.12. The Hall–Kier alpha value is 0. The third-order valence-corrected chi connectivity index (χ3v) is 4.15. The molecule has 1 aliphatic carbocycles. The number of hydrogen-bond acceptors (Lipinski definition) is 0. The molecule has 1 rings (SSSR count). The van der Waals surface area contributed by atoms with Gasteiger partial charge in [-0.25, -0.2) is 0 Å². The van der Waals surface area contributed by atoms with Gasteiger partial charge in [0, 0.05) is 0 Å². The van der Waals surface area contributed by atoms with E-state index >= 15 is 0 Å². The van der Waals surface area contributed by atoms with E-state index in [-0.39, 0.29) is 0 Å². The summed E-state index contributed by atoms with van der Waals surface area (Å²) in [5.41, 5.74) is 0. The molecule has 0 amide bonds. The minimum atomic E-state index is 1.11. The molecule has 0 bridgehead atoms. The van der Waals surface area contributed by atoms with Gasteiger partial charge >= 0.3 is 0 Å². The van der Waals surface area contributed by atoms with Crippen LogP contribution in [0.25, 0.3) is 0 Å². The van der Waals surface area contributed by atoms with Gasteiger partial charge in [-0.15, -0.1) is 0 Å². The van der Waals surface area contributed by atoms with Gasteiger partial charge in [-0.2, -0.15) is 0 Å². The molecule has 0 radical (unpaired) electrons. The van der Waals surface area contributed by atoms with Crippen molar-refractivity contribution in [1.29, 1.82) is 0 Å². The van der Waals surface area contributed by atoms with Crippen molar-refractivity contribution < 1.29 is 0 Å². The van der Waals surface area contributed by atoms with E-state index < -0.39 is 0 Å². The van der Waals surface area contributed by atoms with E-state index in [1.165, 1.54) is 89.9 Å². The standard InChI is InChI=1S/C13H26.C5H12/c1-2-3-4-5-7-10-13-11-8-6-9-12-13;1-3-5-4-2/h13H,2-12H2,1H3;3-5H2,1-2H3. The smallest absolute Gasteiger partial charge is 0.0414 e. The van der Waals surface area contributed by atoms with Gasteiger partial charge in [-0.1, -0.05) is 111 Å². The summed E-state index contributed by atoms with van der Waals surface area (Å²) < 4.78 is 0. The second-order valence-electron chi connectivity index (χ2n) is 6.06. The fourth-order valence-electron chi connectivity index (χ4n) is 2.87. The molecule has 1 fully saturated rings. The Kier molecular flexibility index (Phi) is 15.1. The maximum Gasteiger partial charge on any atom is -0.0414 e. The van der Waals surface area contributed by atoms with Crippen LogP contribution < -0.4 is 0 Å². The van der Waals surface area contributed by atoms with Crippen molar-refractivity contribution in [3.05, 3.63) is 0 Å². The first-order valence-electron chi connectivity index (χ1n) is 8.85. The lowest BCUT2D eigenvalue weighted by molar-refractivity contribution is 0.328. The van der Waals surface area contributed by atoms with Gasteiger partial charge in [0.05, 0.1) is 0 Å². The molecule has 0 spiro atoms. The van der Waals surface area contributed by atoms with E-state index in [0.717, 1.165) is 5.92 Å². The number of hydrogen-bond donors (Lipinski definition) is 0. The van der Waals surface area contributed by atoms with Crippen LogP contribution >= 0.6 is 0 Å². The summed E-state index contributed by atoms with van der Waals surface area (Å²) in [6, 6.07) is 0. The molecule has 0 nitrogen and oxygen atoms in total. The van der Waals surface area contributed by atoms with E-state index in [9.17, 15) is 0 Å². The van der Waals surface area contributed by atoms with E-state index in [1.54, 1.807) is 0 Å². The van der Waals surface area contributed by atoms with Crippen LogP contribution in [0.1, 0.15) is 111 Å². The van der Waals surface area contributed by atoms with Crippen LogP contribution in [0.3, 0.4) is 0 Å². The van der Waals surface area contributed by atoms with E-state index in [1.807, 2.05) is 0 Å². The minimum absolute atomic E-state index is 1.11. The summed E-state index contributed by atoms with van der Waals surface area (Å²) >= 11 is 0. The van der Waals surface area contributed by atoms with Gasteiger partial charge in [0.25, 0.3) is 0 Å². The summed E-state index contributed by atoms with van der Waals surface area (Å²) in [4.78, 5) is 0. The molecule has 1 aliphatic rings. The largest absolute Gasteiger partial charge is 0.0654 e. The van der Waals surface area contributed by atoms with Crippen molar-refractivity contribution in [3.8, 4) is 0 Å². The molecule has 0 saturated heterocycles. The third kappa shape index (κ3) is 12.5. The Bertz CT molecular complexity index is 131. The Morgan fingerprint density at radius 2 is 1.17 bits per heavy atom. The first kappa shape index (κ1) is 18.0. The maximum atomic E-state index is 2.29. The predicted molar refractivity (Wildman–Crippen MR) is 85.2 cm³/mol. The van der Waals surface area contributed by atoms with E-state index in [2.05, 4.69) is 20.8 Å². The summed E-state index contributed by atoms with van der Waals surface area (Å²) in [7, 11) is 0. The molecule has 18 heavy (non-hydrogen) atoms. The van der Waals surface area contributed by atoms with Crippen molar-refractivity contribution >= 4 is 0 Å². The Morgan fingerprint density at radius 3 is 1.67 bits per heavy atom. The highest BCUT2D eigenvalue weighted by molar-refractivity contribution is 4.65. The van der Waals surface area contributed by atoms with Gasteiger partial charge < -0.3 is 0 Å². The zero-order chi connectivity index (χ0) is 13.5. The quantitative estimate of drug-likeness (QED) is 0.404. The highest BCUT2D eigenvalue weighted by atomic mass is 14.2. The minimum Gasteiger partial charge on any atom is -0.0654 e. The van der Waals surface area contributed by atoms with Crippen LogP contribution in [-0.2, 0) is 0 Å². The molecule has 1 saturated carbocycles. The second-order valence-corrected chi connectivity index (χ2v) is 6.06. The summed E-state index contributed by atoms with van der Waals surface area (Å²) in [5.74, 6) is 1.11. The molecular weight excluding hydrogens is 216 g/mol. The Morgan fingerprint density at radius 1 is 0.611 bits per heavy atom. The molecule has 0 unspecified atom stereocenters. The fourth-order valence-corrected chi connectivity index (χ4v) is 2.87. The van der Waals surface area contributed by atoms with Crippen molar-refractivity contribution in [3.63, 3.8) is 0 Å². The van der Waals surface area contributed by atoms with Crippen LogP contribution in [0.15, 0.2) is 0 Å². The van der Waals surface area contributed by atoms with Gasteiger partial charge in [0.15, 0.2) is 0 Å². The maximum absolute atomic E-state index is 2.29.